The van der Waals surface area contributed by atoms with Crippen molar-refractivity contribution in [2.24, 2.45) is 0 Å². The Morgan fingerprint density at radius 3 is 2.59 bits per heavy atom. The molecule has 5 heteroatoms. The summed E-state index contributed by atoms with van der Waals surface area (Å²) in [4.78, 5) is 25.1. The number of hydrogen-bond acceptors (Lipinski definition) is 3. The van der Waals surface area contributed by atoms with Crippen LogP contribution in [0.1, 0.15) is 33.6 Å². The van der Waals surface area contributed by atoms with Crippen LogP contribution in [0.4, 0.5) is 0 Å². The van der Waals surface area contributed by atoms with Crippen LogP contribution in [0.3, 0.4) is 0 Å². The molecule has 98 valence electrons. The Labute approximate surface area is 102 Å². The Balaban J connectivity index is 2.53. The minimum Gasteiger partial charge on any atom is -0.366 e. The van der Waals surface area contributed by atoms with E-state index in [9.17, 15) is 9.59 Å². The van der Waals surface area contributed by atoms with Crippen molar-refractivity contribution in [3.63, 3.8) is 0 Å². The van der Waals surface area contributed by atoms with Crippen molar-refractivity contribution in [3.8, 4) is 0 Å². The third-order valence-corrected chi connectivity index (χ3v) is 2.75. The van der Waals surface area contributed by atoms with Crippen molar-refractivity contribution in [1.29, 1.82) is 0 Å². The van der Waals surface area contributed by atoms with E-state index in [2.05, 4.69) is 5.32 Å². The van der Waals surface area contributed by atoms with Gasteiger partial charge in [0.05, 0.1) is 5.60 Å². The molecular weight excluding hydrogens is 220 g/mol. The van der Waals surface area contributed by atoms with Crippen molar-refractivity contribution < 1.29 is 14.3 Å². The molecule has 5 nitrogen and oxygen atoms in total. The highest BCUT2D eigenvalue weighted by Crippen LogP contribution is 2.18. The highest BCUT2D eigenvalue weighted by atomic mass is 16.5. The molecule has 0 bridgehead atoms. The monoisotopic (exact) mass is 242 g/mol. The maximum absolute atomic E-state index is 11.9. The number of ether oxygens (including phenoxy) is 1. The fourth-order valence-electron chi connectivity index (χ4n) is 1.87. The summed E-state index contributed by atoms with van der Waals surface area (Å²) >= 11 is 0. The largest absolute Gasteiger partial charge is 0.366 e. The molecule has 17 heavy (non-hydrogen) atoms. The van der Waals surface area contributed by atoms with Crippen molar-refractivity contribution >= 4 is 11.8 Å². The number of nitrogens with one attached hydrogen (secondary N) is 1. The van der Waals surface area contributed by atoms with E-state index in [0.29, 0.717) is 6.54 Å². The first kappa shape index (κ1) is 14.0. The molecule has 1 heterocycles. The number of likely N-dealkylation sites (tertiary alicyclic amines) is 1. The normalized spacial score (nSPS) is 20.5. The molecule has 0 aromatic carbocycles. The molecule has 1 N–H and O–H groups in total. The molecule has 0 saturated carbocycles. The third kappa shape index (κ3) is 4.00. The summed E-state index contributed by atoms with van der Waals surface area (Å²) in [5.74, 6) is -0.197. The third-order valence-electron chi connectivity index (χ3n) is 2.75. The number of amides is 2. The molecule has 1 rings (SSSR count). The lowest BCUT2D eigenvalue weighted by atomic mass is 10.2. The van der Waals surface area contributed by atoms with Crippen LogP contribution in [0.5, 0.6) is 0 Å². The number of carbonyl (C=O) groups is 2. The van der Waals surface area contributed by atoms with Crippen LogP contribution in [0, 0.1) is 0 Å². The molecule has 1 fully saturated rings. The zero-order chi connectivity index (χ0) is 13.1. The molecule has 1 unspecified atom stereocenters. The first-order chi connectivity index (χ1) is 7.85. The maximum atomic E-state index is 11.9. The second kappa shape index (κ2) is 5.49. The van der Waals surface area contributed by atoms with Crippen LogP contribution >= 0.6 is 0 Å². The Kier molecular flexibility index (Phi) is 4.51. The molecule has 1 saturated heterocycles. The van der Waals surface area contributed by atoms with Gasteiger partial charge in [-0.3, -0.25) is 9.59 Å². The van der Waals surface area contributed by atoms with Gasteiger partial charge in [0.2, 0.25) is 11.8 Å². The Morgan fingerprint density at radius 1 is 1.41 bits per heavy atom. The van der Waals surface area contributed by atoms with Gasteiger partial charge in [-0.1, -0.05) is 0 Å². The van der Waals surface area contributed by atoms with Crippen molar-refractivity contribution in [3.05, 3.63) is 0 Å². The molecule has 1 aliphatic heterocycles. The van der Waals surface area contributed by atoms with E-state index in [1.165, 1.54) is 0 Å². The van der Waals surface area contributed by atoms with Gasteiger partial charge in [0.1, 0.15) is 12.6 Å². The first-order valence-electron chi connectivity index (χ1n) is 6.00. The summed E-state index contributed by atoms with van der Waals surface area (Å²) in [6.07, 6.45) is 1.61. The zero-order valence-electron chi connectivity index (χ0n) is 11.1. The molecule has 0 radical (unpaired) electrons. The summed E-state index contributed by atoms with van der Waals surface area (Å²) in [6.45, 7) is 6.39. The highest BCUT2D eigenvalue weighted by Gasteiger charge is 2.33. The van der Waals surface area contributed by atoms with E-state index in [1.807, 2.05) is 20.8 Å². The van der Waals surface area contributed by atoms with Crippen LogP contribution in [0.15, 0.2) is 0 Å². The van der Waals surface area contributed by atoms with Gasteiger partial charge >= 0.3 is 0 Å². The molecule has 2 amide bonds. The van der Waals surface area contributed by atoms with E-state index in [0.717, 1.165) is 12.8 Å². The van der Waals surface area contributed by atoms with Gasteiger partial charge in [-0.15, -0.1) is 0 Å². The second-order valence-corrected chi connectivity index (χ2v) is 5.26. The minimum atomic E-state index is -0.335. The van der Waals surface area contributed by atoms with Crippen LogP contribution in [-0.4, -0.2) is 48.6 Å². The van der Waals surface area contributed by atoms with Gasteiger partial charge < -0.3 is 15.0 Å². The molecule has 1 atom stereocenters. The van der Waals surface area contributed by atoms with Crippen molar-refractivity contribution in [2.75, 3.05) is 20.2 Å². The van der Waals surface area contributed by atoms with Gasteiger partial charge in [-0.05, 0) is 33.6 Å². The SMILES string of the molecule is CNC(=O)C1CCCN1C(=O)COC(C)(C)C. The smallest absolute Gasteiger partial charge is 0.249 e. The minimum absolute atomic E-state index is 0.0387. The maximum Gasteiger partial charge on any atom is 0.249 e. The first-order valence-corrected chi connectivity index (χ1v) is 6.00. The molecule has 0 aliphatic carbocycles. The standard InChI is InChI=1S/C12H22N2O3/c1-12(2,3)17-8-10(15)14-7-5-6-9(14)11(16)13-4/h9H,5-8H2,1-4H3,(H,13,16). The molecule has 1 aliphatic rings. The summed E-state index contributed by atoms with van der Waals surface area (Å²) in [7, 11) is 1.59. The number of likely N-dealkylation sites (N-methyl/N-ethyl adjacent to an activating group) is 1. The van der Waals surface area contributed by atoms with Gasteiger partial charge in [0, 0.05) is 13.6 Å². The van der Waals surface area contributed by atoms with Gasteiger partial charge in [0.15, 0.2) is 0 Å². The topological polar surface area (TPSA) is 58.6 Å². The zero-order valence-corrected chi connectivity index (χ0v) is 11.1. The molecule has 0 aromatic heterocycles. The molecule has 0 aromatic rings. The van der Waals surface area contributed by atoms with Crippen LogP contribution in [0.25, 0.3) is 0 Å². The van der Waals surface area contributed by atoms with E-state index in [4.69, 9.17) is 4.74 Å². The molecular formula is C12H22N2O3. The Hall–Kier alpha value is -1.10. The molecule has 0 spiro atoms. The van der Waals surface area contributed by atoms with Crippen LogP contribution < -0.4 is 5.32 Å². The van der Waals surface area contributed by atoms with Crippen molar-refractivity contribution in [1.82, 2.24) is 10.2 Å². The van der Waals surface area contributed by atoms with Gasteiger partial charge in [0.25, 0.3) is 0 Å². The number of rotatable bonds is 3. The quantitative estimate of drug-likeness (QED) is 0.785. The summed E-state index contributed by atoms with van der Waals surface area (Å²) in [6, 6.07) is -0.323. The summed E-state index contributed by atoms with van der Waals surface area (Å²) < 4.78 is 5.44. The van der Waals surface area contributed by atoms with Gasteiger partial charge in [-0.2, -0.15) is 0 Å². The lowest BCUT2D eigenvalue weighted by Crippen LogP contribution is -2.46. The van der Waals surface area contributed by atoms with E-state index >= 15 is 0 Å². The highest BCUT2D eigenvalue weighted by molar-refractivity contribution is 5.88. The van der Waals surface area contributed by atoms with Crippen LogP contribution in [-0.2, 0) is 14.3 Å². The number of carbonyl (C=O) groups excluding carboxylic acids is 2. The average molecular weight is 242 g/mol. The average Bonchev–Trinajstić information content (AvgIpc) is 2.72. The fourth-order valence-corrected chi connectivity index (χ4v) is 1.87. The lowest BCUT2D eigenvalue weighted by molar-refractivity contribution is -0.145. The predicted octanol–water partition coefficient (Wildman–Crippen LogP) is 0.538. The Morgan fingerprint density at radius 2 is 2.06 bits per heavy atom. The fraction of sp³-hybridized carbons (Fsp3) is 0.833. The number of nitrogens with zero attached hydrogens (tertiary/aromatic N) is 1. The van der Waals surface area contributed by atoms with E-state index in [-0.39, 0.29) is 30.1 Å². The number of hydrogen-bond donors (Lipinski definition) is 1. The summed E-state index contributed by atoms with van der Waals surface area (Å²) in [5.41, 5.74) is -0.335. The summed E-state index contributed by atoms with van der Waals surface area (Å²) in [5, 5.41) is 2.59. The Bertz CT molecular complexity index is 297. The van der Waals surface area contributed by atoms with E-state index in [1.54, 1.807) is 11.9 Å². The second-order valence-electron chi connectivity index (χ2n) is 5.26. The van der Waals surface area contributed by atoms with E-state index < -0.39 is 0 Å². The van der Waals surface area contributed by atoms with Gasteiger partial charge in [-0.25, -0.2) is 0 Å². The lowest BCUT2D eigenvalue weighted by Gasteiger charge is -2.26. The van der Waals surface area contributed by atoms with Crippen molar-refractivity contribution in [2.45, 2.75) is 45.3 Å². The predicted molar refractivity (Wildman–Crippen MR) is 64.5 cm³/mol. The van der Waals surface area contributed by atoms with Crippen LogP contribution in [0.2, 0.25) is 0 Å².